The molecule has 0 aromatic carbocycles. The molecule has 1 heterocycles. The number of aromatic nitrogens is 2. The Morgan fingerprint density at radius 3 is 2.12 bits per heavy atom. The summed E-state index contributed by atoms with van der Waals surface area (Å²) in [6.07, 6.45) is 13.2. The summed E-state index contributed by atoms with van der Waals surface area (Å²) in [7, 11) is 0. The number of hydrogen-bond donors (Lipinski definition) is 1. The normalized spacial score (nSPS) is 19.7. The minimum atomic E-state index is -0.870. The molecule has 2 aliphatic rings. The van der Waals surface area contributed by atoms with Crippen LogP contribution in [0.15, 0.2) is 12.3 Å². The van der Waals surface area contributed by atoms with Crippen molar-refractivity contribution in [3.8, 4) is 0 Å². The molecule has 1 aromatic rings. The van der Waals surface area contributed by atoms with Gasteiger partial charge in [0.05, 0.1) is 13.0 Å². The molecule has 2 aliphatic carbocycles. The maximum atomic E-state index is 13.4. The van der Waals surface area contributed by atoms with Crippen molar-refractivity contribution in [2.75, 3.05) is 0 Å². The standard InChI is InChI=1S/C19H29N3O3/c23-18(24)12-14-21-17(11-13-20-21)19(25)22(15-7-3-1-4-8-15)16-9-5-2-6-10-16/h11,13,15-16H,1-10,12,14H2,(H,23,24). The number of hydrogen-bond acceptors (Lipinski definition) is 3. The average molecular weight is 347 g/mol. The lowest BCUT2D eigenvalue weighted by Gasteiger charge is -2.41. The van der Waals surface area contributed by atoms with Gasteiger partial charge in [0.1, 0.15) is 5.69 Å². The fraction of sp³-hybridized carbons (Fsp3) is 0.737. The Hall–Kier alpha value is -1.85. The Kier molecular flexibility index (Phi) is 6.10. The van der Waals surface area contributed by atoms with E-state index in [2.05, 4.69) is 10.00 Å². The monoisotopic (exact) mass is 347 g/mol. The summed E-state index contributed by atoms with van der Waals surface area (Å²) >= 11 is 0. The van der Waals surface area contributed by atoms with Crippen molar-refractivity contribution in [1.82, 2.24) is 14.7 Å². The second-order valence-electron chi connectivity index (χ2n) is 7.38. The van der Waals surface area contributed by atoms with Gasteiger partial charge in [0.25, 0.3) is 5.91 Å². The fourth-order valence-corrected chi connectivity index (χ4v) is 4.37. The second-order valence-corrected chi connectivity index (χ2v) is 7.38. The van der Waals surface area contributed by atoms with Crippen molar-refractivity contribution in [3.63, 3.8) is 0 Å². The quantitative estimate of drug-likeness (QED) is 0.855. The molecule has 1 N–H and O–H groups in total. The van der Waals surface area contributed by atoms with Crippen LogP contribution < -0.4 is 0 Å². The van der Waals surface area contributed by atoms with Gasteiger partial charge in [-0.15, -0.1) is 0 Å². The Morgan fingerprint density at radius 2 is 1.60 bits per heavy atom. The zero-order valence-electron chi connectivity index (χ0n) is 14.9. The number of carbonyl (C=O) groups excluding carboxylic acids is 1. The second kappa shape index (κ2) is 8.50. The highest BCUT2D eigenvalue weighted by Crippen LogP contribution is 2.31. The number of carboxylic acid groups (broad SMARTS) is 1. The van der Waals surface area contributed by atoms with Gasteiger partial charge in [-0.3, -0.25) is 14.3 Å². The van der Waals surface area contributed by atoms with E-state index in [-0.39, 0.29) is 18.9 Å². The zero-order chi connectivity index (χ0) is 17.6. The smallest absolute Gasteiger partial charge is 0.305 e. The number of nitrogens with zero attached hydrogens (tertiary/aromatic N) is 3. The van der Waals surface area contributed by atoms with Gasteiger partial charge >= 0.3 is 5.97 Å². The molecule has 3 rings (SSSR count). The first-order valence-electron chi connectivity index (χ1n) is 9.73. The Labute approximate surface area is 149 Å². The molecule has 0 radical (unpaired) electrons. The SMILES string of the molecule is O=C(O)CCn1nccc1C(=O)N(C1CCCCC1)C1CCCCC1. The molecular weight excluding hydrogens is 318 g/mol. The van der Waals surface area contributed by atoms with Crippen LogP contribution in [0.1, 0.15) is 81.1 Å². The van der Waals surface area contributed by atoms with E-state index in [9.17, 15) is 9.59 Å². The molecule has 2 fully saturated rings. The fourth-order valence-electron chi connectivity index (χ4n) is 4.37. The van der Waals surface area contributed by atoms with Crippen LogP contribution in [0.5, 0.6) is 0 Å². The third kappa shape index (κ3) is 4.41. The minimum Gasteiger partial charge on any atom is -0.481 e. The van der Waals surface area contributed by atoms with Crippen LogP contribution in [-0.4, -0.2) is 43.7 Å². The van der Waals surface area contributed by atoms with Crippen molar-refractivity contribution in [2.24, 2.45) is 0 Å². The van der Waals surface area contributed by atoms with Crippen molar-refractivity contribution in [3.05, 3.63) is 18.0 Å². The third-order valence-electron chi connectivity index (χ3n) is 5.64. The molecule has 25 heavy (non-hydrogen) atoms. The first-order valence-corrected chi connectivity index (χ1v) is 9.73. The van der Waals surface area contributed by atoms with Gasteiger partial charge in [0, 0.05) is 18.3 Å². The van der Waals surface area contributed by atoms with E-state index in [0.29, 0.717) is 17.8 Å². The minimum absolute atomic E-state index is 0.0190. The number of amides is 1. The van der Waals surface area contributed by atoms with Gasteiger partial charge in [-0.05, 0) is 31.7 Å². The summed E-state index contributed by atoms with van der Waals surface area (Å²) in [4.78, 5) is 26.4. The molecule has 0 bridgehead atoms. The Balaban J connectivity index is 1.80. The molecule has 138 valence electrons. The molecule has 1 amide bonds. The highest BCUT2D eigenvalue weighted by molar-refractivity contribution is 5.93. The molecular formula is C19H29N3O3. The summed E-state index contributed by atoms with van der Waals surface area (Å²) in [6, 6.07) is 2.39. The molecule has 0 spiro atoms. The van der Waals surface area contributed by atoms with E-state index in [4.69, 9.17) is 5.11 Å². The van der Waals surface area contributed by atoms with E-state index in [1.54, 1.807) is 16.9 Å². The van der Waals surface area contributed by atoms with Crippen LogP contribution >= 0.6 is 0 Å². The Morgan fingerprint density at radius 1 is 1.04 bits per heavy atom. The first-order chi connectivity index (χ1) is 12.2. The number of carboxylic acids is 1. The predicted molar refractivity (Wildman–Crippen MR) is 94.4 cm³/mol. The maximum Gasteiger partial charge on any atom is 0.305 e. The van der Waals surface area contributed by atoms with E-state index in [1.165, 1.54) is 38.5 Å². The summed E-state index contributed by atoms with van der Waals surface area (Å²) in [5.41, 5.74) is 0.539. The van der Waals surface area contributed by atoms with Crippen LogP contribution in [0.25, 0.3) is 0 Å². The summed E-state index contributed by atoms with van der Waals surface area (Å²) in [5, 5.41) is 13.1. The van der Waals surface area contributed by atoms with Crippen molar-refractivity contribution < 1.29 is 14.7 Å². The van der Waals surface area contributed by atoms with E-state index in [0.717, 1.165) is 25.7 Å². The summed E-state index contributed by atoms with van der Waals surface area (Å²) in [6.45, 7) is 0.243. The van der Waals surface area contributed by atoms with Gasteiger partial charge in [-0.25, -0.2) is 0 Å². The van der Waals surface area contributed by atoms with Crippen LogP contribution in [0.3, 0.4) is 0 Å². The lowest BCUT2D eigenvalue weighted by Crippen LogP contribution is -2.49. The molecule has 0 unspecified atom stereocenters. The van der Waals surface area contributed by atoms with Crippen molar-refractivity contribution in [1.29, 1.82) is 0 Å². The van der Waals surface area contributed by atoms with Gasteiger partial charge in [-0.1, -0.05) is 38.5 Å². The number of aryl methyl sites for hydroxylation is 1. The first kappa shape index (κ1) is 18.0. The average Bonchev–Trinajstić information content (AvgIpc) is 3.10. The Bertz CT molecular complexity index is 568. The van der Waals surface area contributed by atoms with Crippen LogP contribution in [0.2, 0.25) is 0 Å². The summed E-state index contributed by atoms with van der Waals surface area (Å²) in [5.74, 6) is -0.827. The van der Waals surface area contributed by atoms with Gasteiger partial charge in [-0.2, -0.15) is 5.10 Å². The highest BCUT2D eigenvalue weighted by Gasteiger charge is 2.34. The van der Waals surface area contributed by atoms with E-state index < -0.39 is 5.97 Å². The van der Waals surface area contributed by atoms with Crippen LogP contribution in [0.4, 0.5) is 0 Å². The molecule has 1 aromatic heterocycles. The van der Waals surface area contributed by atoms with Gasteiger partial charge < -0.3 is 10.0 Å². The molecule has 0 saturated heterocycles. The van der Waals surface area contributed by atoms with Crippen molar-refractivity contribution >= 4 is 11.9 Å². The molecule has 0 atom stereocenters. The topological polar surface area (TPSA) is 75.4 Å². The molecule has 6 nitrogen and oxygen atoms in total. The maximum absolute atomic E-state index is 13.4. The largest absolute Gasteiger partial charge is 0.481 e. The highest BCUT2D eigenvalue weighted by atomic mass is 16.4. The summed E-state index contributed by atoms with van der Waals surface area (Å²) < 4.78 is 1.56. The number of rotatable bonds is 6. The van der Waals surface area contributed by atoms with Gasteiger partial charge in [0.15, 0.2) is 0 Å². The lowest BCUT2D eigenvalue weighted by molar-refractivity contribution is -0.137. The van der Waals surface area contributed by atoms with Crippen LogP contribution in [0, 0.1) is 0 Å². The van der Waals surface area contributed by atoms with E-state index in [1.807, 2.05) is 0 Å². The lowest BCUT2D eigenvalue weighted by atomic mass is 9.88. The third-order valence-corrected chi connectivity index (χ3v) is 5.64. The van der Waals surface area contributed by atoms with Gasteiger partial charge in [0.2, 0.25) is 0 Å². The zero-order valence-corrected chi connectivity index (χ0v) is 14.9. The number of aliphatic carboxylic acids is 1. The predicted octanol–water partition coefficient (Wildman–Crippen LogP) is 3.47. The van der Waals surface area contributed by atoms with Crippen molar-refractivity contribution in [2.45, 2.75) is 89.3 Å². The van der Waals surface area contributed by atoms with Crippen LogP contribution in [-0.2, 0) is 11.3 Å². The molecule has 6 heteroatoms. The van der Waals surface area contributed by atoms with E-state index >= 15 is 0 Å². The molecule has 2 saturated carbocycles. The molecule has 0 aliphatic heterocycles. The number of carbonyl (C=O) groups is 2.